The molecule has 0 fully saturated rings. The zero-order chi connectivity index (χ0) is 23.8. The van der Waals surface area contributed by atoms with Crippen molar-refractivity contribution in [1.29, 1.82) is 0 Å². The van der Waals surface area contributed by atoms with Crippen LogP contribution in [0.5, 0.6) is 11.5 Å². The predicted octanol–water partition coefficient (Wildman–Crippen LogP) is 3.92. The van der Waals surface area contributed by atoms with E-state index in [1.54, 1.807) is 44.6 Å². The zero-order valence-electron chi connectivity index (χ0n) is 19.1. The fourth-order valence-corrected chi connectivity index (χ4v) is 4.14. The first-order chi connectivity index (χ1) is 16.0. The summed E-state index contributed by atoms with van der Waals surface area (Å²) in [7, 11) is 3.14. The van der Waals surface area contributed by atoms with E-state index in [1.807, 2.05) is 26.0 Å². The van der Waals surface area contributed by atoms with Gasteiger partial charge in [0.05, 0.1) is 31.4 Å². The van der Waals surface area contributed by atoms with E-state index in [-0.39, 0.29) is 18.4 Å². The van der Waals surface area contributed by atoms with Crippen LogP contribution in [0.2, 0.25) is 0 Å². The monoisotopic (exact) mass is 472 g/mol. The van der Waals surface area contributed by atoms with Gasteiger partial charge in [-0.15, -0.1) is 0 Å². The lowest BCUT2D eigenvalue weighted by Gasteiger charge is -2.20. The van der Waals surface area contributed by atoms with Gasteiger partial charge in [-0.3, -0.25) is 9.59 Å². The third-order valence-corrected chi connectivity index (χ3v) is 5.87. The number of nitrogens with one attached hydrogen (secondary N) is 2. The average molecular weight is 473 g/mol. The number of hydrogen-bond acceptors (Lipinski definition) is 7. The van der Waals surface area contributed by atoms with E-state index < -0.39 is 6.29 Å². The Bertz CT molecular complexity index is 1030. The number of rotatable bonds is 10. The Morgan fingerprint density at radius 3 is 2.45 bits per heavy atom. The molecule has 0 saturated heterocycles. The van der Waals surface area contributed by atoms with Crippen molar-refractivity contribution in [3.05, 3.63) is 52.4 Å². The summed E-state index contributed by atoms with van der Waals surface area (Å²) in [5, 5.41) is 5.68. The molecule has 0 unspecified atom stereocenters. The van der Waals surface area contributed by atoms with E-state index in [0.29, 0.717) is 40.9 Å². The number of carbonyl (C=O) groups is 2. The minimum Gasteiger partial charge on any atom is -0.493 e. The third-order valence-electron chi connectivity index (χ3n) is 4.77. The quantitative estimate of drug-likeness (QED) is 0.400. The Morgan fingerprint density at radius 1 is 1.06 bits per heavy atom. The highest BCUT2D eigenvalue weighted by Crippen LogP contribution is 2.40. The second kappa shape index (κ2) is 11.7. The van der Waals surface area contributed by atoms with Gasteiger partial charge in [-0.25, -0.2) is 0 Å². The number of hydrogen-bond donors (Lipinski definition) is 2. The molecule has 2 amide bonds. The van der Waals surface area contributed by atoms with Gasteiger partial charge in [-0.2, -0.15) is 0 Å². The molecule has 0 aromatic heterocycles. The lowest BCUT2D eigenvalue weighted by atomic mass is 10.1. The van der Waals surface area contributed by atoms with Crippen molar-refractivity contribution in [2.24, 2.45) is 0 Å². The van der Waals surface area contributed by atoms with Gasteiger partial charge in [-0.1, -0.05) is 17.8 Å². The first-order valence-corrected chi connectivity index (χ1v) is 11.4. The highest BCUT2D eigenvalue weighted by Gasteiger charge is 2.23. The van der Waals surface area contributed by atoms with Gasteiger partial charge < -0.3 is 29.6 Å². The van der Waals surface area contributed by atoms with E-state index in [9.17, 15) is 9.59 Å². The summed E-state index contributed by atoms with van der Waals surface area (Å²) >= 11 is 1.34. The van der Waals surface area contributed by atoms with E-state index in [0.717, 1.165) is 10.5 Å². The van der Waals surface area contributed by atoms with Crippen LogP contribution in [0.25, 0.3) is 6.08 Å². The van der Waals surface area contributed by atoms with Crippen molar-refractivity contribution in [1.82, 2.24) is 5.32 Å². The van der Waals surface area contributed by atoms with Crippen LogP contribution < -0.4 is 20.1 Å². The molecule has 0 spiro atoms. The Labute approximate surface area is 197 Å². The summed E-state index contributed by atoms with van der Waals surface area (Å²) in [5.41, 5.74) is 1.84. The lowest BCUT2D eigenvalue weighted by Crippen LogP contribution is -2.35. The third kappa shape index (κ3) is 6.28. The normalized spacial score (nSPS) is 14.1. The first kappa shape index (κ1) is 24.6. The Balaban J connectivity index is 1.72. The molecule has 0 aliphatic carbocycles. The van der Waals surface area contributed by atoms with Crippen LogP contribution in [0, 0.1) is 0 Å². The molecular formula is C24H28N2O6S. The van der Waals surface area contributed by atoms with Gasteiger partial charge in [0, 0.05) is 23.7 Å². The number of carbonyl (C=O) groups excluding carboxylic acids is 2. The maximum Gasteiger partial charge on any atom is 0.262 e. The second-order valence-corrected chi connectivity index (χ2v) is 8.02. The summed E-state index contributed by atoms with van der Waals surface area (Å²) in [4.78, 5) is 26.6. The van der Waals surface area contributed by atoms with Crippen molar-refractivity contribution in [3.63, 3.8) is 0 Å². The van der Waals surface area contributed by atoms with Crippen molar-refractivity contribution in [2.45, 2.75) is 25.0 Å². The summed E-state index contributed by atoms with van der Waals surface area (Å²) in [6, 6.07) is 10.7. The van der Waals surface area contributed by atoms with Crippen LogP contribution >= 0.6 is 11.8 Å². The fraction of sp³-hybridized carbons (Fsp3) is 0.333. The van der Waals surface area contributed by atoms with E-state index in [4.69, 9.17) is 18.9 Å². The number of methoxy groups -OCH3 is 2. The van der Waals surface area contributed by atoms with E-state index >= 15 is 0 Å². The smallest absolute Gasteiger partial charge is 0.262 e. The molecule has 1 aliphatic heterocycles. The Morgan fingerprint density at radius 2 is 1.79 bits per heavy atom. The lowest BCUT2D eigenvalue weighted by molar-refractivity contribution is -0.131. The standard InChI is InChI=1S/C24H28N2O6S/c1-5-31-22(32-6-2)14-25-23(27)16-8-10-20-17(13-16)26-24(28)21(33-20)12-15-7-9-18(29-3)19(11-15)30-4/h7-13,22H,5-6,14H2,1-4H3,(H,25,27)(H,26,28). The molecule has 3 rings (SSSR count). The summed E-state index contributed by atoms with van der Waals surface area (Å²) < 4.78 is 21.5. The summed E-state index contributed by atoms with van der Waals surface area (Å²) in [5.74, 6) is 0.686. The van der Waals surface area contributed by atoms with Gasteiger partial charge in [0.25, 0.3) is 11.8 Å². The Hall–Kier alpha value is -3.01. The van der Waals surface area contributed by atoms with Crippen LogP contribution in [0.4, 0.5) is 5.69 Å². The molecule has 0 bridgehead atoms. The predicted molar refractivity (Wildman–Crippen MR) is 128 cm³/mol. The second-order valence-electron chi connectivity index (χ2n) is 6.94. The molecule has 2 N–H and O–H groups in total. The fourth-order valence-electron chi connectivity index (χ4n) is 3.21. The van der Waals surface area contributed by atoms with Crippen molar-refractivity contribution >= 4 is 35.3 Å². The number of benzene rings is 2. The maximum atomic E-state index is 12.7. The maximum absolute atomic E-state index is 12.7. The SMILES string of the molecule is CCOC(CNC(=O)c1ccc2c(c1)NC(=O)C(=Cc1ccc(OC)c(OC)c1)S2)OCC. The molecular weight excluding hydrogens is 444 g/mol. The number of ether oxygens (including phenoxy) is 4. The topological polar surface area (TPSA) is 95.1 Å². The van der Waals surface area contributed by atoms with Gasteiger partial charge >= 0.3 is 0 Å². The number of amides is 2. The molecule has 0 atom stereocenters. The van der Waals surface area contributed by atoms with Gasteiger partial charge in [0.15, 0.2) is 17.8 Å². The van der Waals surface area contributed by atoms with Crippen molar-refractivity contribution in [2.75, 3.05) is 39.3 Å². The van der Waals surface area contributed by atoms with Gasteiger partial charge in [0.1, 0.15) is 0 Å². The highest BCUT2D eigenvalue weighted by atomic mass is 32.2. The van der Waals surface area contributed by atoms with E-state index in [1.165, 1.54) is 11.8 Å². The molecule has 176 valence electrons. The first-order valence-electron chi connectivity index (χ1n) is 10.6. The van der Waals surface area contributed by atoms with E-state index in [2.05, 4.69) is 10.6 Å². The summed E-state index contributed by atoms with van der Waals surface area (Å²) in [6.07, 6.45) is 1.29. The molecule has 9 heteroatoms. The molecule has 1 heterocycles. The minimum atomic E-state index is -0.499. The molecule has 8 nitrogen and oxygen atoms in total. The molecule has 2 aromatic rings. The molecule has 33 heavy (non-hydrogen) atoms. The van der Waals surface area contributed by atoms with Crippen molar-refractivity contribution in [3.8, 4) is 11.5 Å². The van der Waals surface area contributed by atoms with Crippen LogP contribution in [0.15, 0.2) is 46.2 Å². The van der Waals surface area contributed by atoms with Crippen LogP contribution in [0.3, 0.4) is 0 Å². The minimum absolute atomic E-state index is 0.233. The zero-order valence-corrected chi connectivity index (χ0v) is 19.9. The number of anilines is 1. The van der Waals surface area contributed by atoms with Crippen LogP contribution in [-0.2, 0) is 14.3 Å². The number of fused-ring (bicyclic) bond motifs is 1. The van der Waals surface area contributed by atoms with Gasteiger partial charge in [-0.05, 0) is 55.8 Å². The molecule has 0 radical (unpaired) electrons. The molecule has 2 aromatic carbocycles. The Kier molecular flexibility index (Phi) is 8.76. The molecule has 0 saturated carbocycles. The molecule has 1 aliphatic rings. The number of thioether (sulfide) groups is 1. The highest BCUT2D eigenvalue weighted by molar-refractivity contribution is 8.04. The average Bonchev–Trinajstić information content (AvgIpc) is 2.82. The summed E-state index contributed by atoms with van der Waals surface area (Å²) in [6.45, 7) is 4.94. The largest absolute Gasteiger partial charge is 0.493 e. The van der Waals surface area contributed by atoms with Crippen LogP contribution in [0.1, 0.15) is 29.8 Å². The van der Waals surface area contributed by atoms with Crippen molar-refractivity contribution < 1.29 is 28.5 Å². The van der Waals surface area contributed by atoms with Crippen LogP contribution in [-0.4, -0.2) is 52.1 Å². The van der Waals surface area contributed by atoms with Gasteiger partial charge in [0.2, 0.25) is 0 Å².